The van der Waals surface area contributed by atoms with Crippen LogP contribution in [0.3, 0.4) is 0 Å². The molecule has 0 aliphatic rings. The van der Waals surface area contributed by atoms with E-state index in [1.807, 2.05) is 0 Å². The van der Waals surface area contributed by atoms with Gasteiger partial charge in [-0.2, -0.15) is 13.2 Å². The summed E-state index contributed by atoms with van der Waals surface area (Å²) < 4.78 is 36.3. The van der Waals surface area contributed by atoms with E-state index in [0.717, 1.165) is 12.1 Å². The van der Waals surface area contributed by atoms with Crippen molar-refractivity contribution in [1.29, 1.82) is 0 Å². The van der Waals surface area contributed by atoms with Gasteiger partial charge >= 0.3 is 6.18 Å². The van der Waals surface area contributed by atoms with E-state index in [-0.39, 0.29) is 5.02 Å². The molecule has 0 spiro atoms. The SMILES string of the molecule is O=C(c1cc(Cl)ccc1[N+](=O)[O-])C(F)(F)F. The number of ketones is 1. The molecule has 1 rings (SSSR count). The number of hydrogen-bond acceptors (Lipinski definition) is 3. The number of nitrogens with zero attached hydrogens (tertiary/aromatic N) is 1. The van der Waals surface area contributed by atoms with Gasteiger partial charge < -0.3 is 0 Å². The zero-order chi connectivity index (χ0) is 12.5. The van der Waals surface area contributed by atoms with Crippen LogP contribution in [0.25, 0.3) is 0 Å². The molecule has 0 aliphatic carbocycles. The van der Waals surface area contributed by atoms with Crippen LogP contribution in [0, 0.1) is 10.1 Å². The average molecular weight is 254 g/mol. The quantitative estimate of drug-likeness (QED) is 0.462. The van der Waals surface area contributed by atoms with Crippen molar-refractivity contribution in [2.45, 2.75) is 6.18 Å². The summed E-state index contributed by atoms with van der Waals surface area (Å²) in [5.41, 5.74) is -1.99. The third kappa shape index (κ3) is 2.48. The maximum Gasteiger partial charge on any atom is 0.455 e. The summed E-state index contributed by atoms with van der Waals surface area (Å²) in [7, 11) is 0. The Morgan fingerprint density at radius 1 is 1.38 bits per heavy atom. The highest BCUT2D eigenvalue weighted by atomic mass is 35.5. The van der Waals surface area contributed by atoms with Gasteiger partial charge in [0.1, 0.15) is 5.56 Å². The molecule has 0 amide bonds. The number of rotatable bonds is 2. The van der Waals surface area contributed by atoms with Gasteiger partial charge in [-0.05, 0) is 12.1 Å². The van der Waals surface area contributed by atoms with E-state index in [0.29, 0.717) is 6.07 Å². The smallest absolute Gasteiger partial charge is 0.284 e. The number of carbonyl (C=O) groups is 1. The Kier molecular flexibility index (Phi) is 3.18. The highest BCUT2D eigenvalue weighted by molar-refractivity contribution is 6.31. The maximum absolute atomic E-state index is 12.1. The van der Waals surface area contributed by atoms with Crippen molar-refractivity contribution in [3.63, 3.8) is 0 Å². The summed E-state index contributed by atoms with van der Waals surface area (Å²) in [5, 5.41) is 10.2. The first-order valence-electron chi connectivity index (χ1n) is 3.79. The molecule has 0 aromatic heterocycles. The topological polar surface area (TPSA) is 60.2 Å². The van der Waals surface area contributed by atoms with E-state index in [1.54, 1.807) is 0 Å². The molecule has 16 heavy (non-hydrogen) atoms. The second kappa shape index (κ2) is 4.09. The fourth-order valence-electron chi connectivity index (χ4n) is 1.00. The van der Waals surface area contributed by atoms with Crippen LogP contribution in [0.2, 0.25) is 5.02 Å². The van der Waals surface area contributed by atoms with Crippen LogP contribution < -0.4 is 0 Å². The Morgan fingerprint density at radius 3 is 2.38 bits per heavy atom. The van der Waals surface area contributed by atoms with E-state index in [4.69, 9.17) is 11.6 Å². The van der Waals surface area contributed by atoms with Crippen molar-refractivity contribution in [2.24, 2.45) is 0 Å². The monoisotopic (exact) mass is 253 g/mol. The summed E-state index contributed by atoms with van der Waals surface area (Å²) in [6, 6.07) is 2.41. The maximum atomic E-state index is 12.1. The van der Waals surface area contributed by atoms with E-state index < -0.39 is 28.1 Å². The lowest BCUT2D eigenvalue weighted by molar-refractivity contribution is -0.385. The minimum atomic E-state index is -5.17. The van der Waals surface area contributed by atoms with Crippen molar-refractivity contribution < 1.29 is 22.9 Å². The molecule has 0 radical (unpaired) electrons. The van der Waals surface area contributed by atoms with Gasteiger partial charge in [0.25, 0.3) is 11.5 Å². The van der Waals surface area contributed by atoms with Crippen LogP contribution >= 0.6 is 11.6 Å². The van der Waals surface area contributed by atoms with E-state index in [9.17, 15) is 28.1 Å². The molecule has 4 nitrogen and oxygen atoms in total. The van der Waals surface area contributed by atoms with Gasteiger partial charge in [0.05, 0.1) is 4.92 Å². The number of halogens is 4. The van der Waals surface area contributed by atoms with Crippen molar-refractivity contribution in [2.75, 3.05) is 0 Å². The number of hydrogen-bond donors (Lipinski definition) is 0. The summed E-state index contributed by atoms with van der Waals surface area (Å²) in [6.07, 6.45) is -5.17. The number of Topliss-reactive ketones (excluding diaryl/α,β-unsaturated/α-hetero) is 1. The Bertz CT molecular complexity index is 458. The van der Waals surface area contributed by atoms with Crippen LogP contribution in [0.1, 0.15) is 10.4 Å². The highest BCUT2D eigenvalue weighted by Crippen LogP contribution is 2.29. The van der Waals surface area contributed by atoms with Gasteiger partial charge in [0.2, 0.25) is 0 Å². The lowest BCUT2D eigenvalue weighted by Gasteiger charge is -2.05. The molecule has 0 fully saturated rings. The van der Waals surface area contributed by atoms with Gasteiger partial charge in [-0.15, -0.1) is 0 Å². The second-order valence-corrected chi connectivity index (χ2v) is 3.18. The molecular weight excluding hydrogens is 251 g/mol. The lowest BCUT2D eigenvalue weighted by atomic mass is 10.1. The summed E-state index contributed by atoms with van der Waals surface area (Å²) in [5.74, 6) is -2.29. The number of nitro benzene ring substituents is 1. The number of benzene rings is 1. The Morgan fingerprint density at radius 2 is 1.94 bits per heavy atom. The predicted molar refractivity (Wildman–Crippen MR) is 48.5 cm³/mol. The first-order chi connectivity index (χ1) is 7.23. The molecule has 0 heterocycles. The second-order valence-electron chi connectivity index (χ2n) is 2.75. The zero-order valence-corrected chi connectivity index (χ0v) is 8.17. The normalized spacial score (nSPS) is 11.2. The van der Waals surface area contributed by atoms with Gasteiger partial charge in [0.15, 0.2) is 0 Å². The summed E-state index contributed by atoms with van der Waals surface area (Å²) in [6.45, 7) is 0. The average Bonchev–Trinajstić information content (AvgIpc) is 2.14. The molecule has 0 bridgehead atoms. The Balaban J connectivity index is 3.36. The molecule has 0 atom stereocenters. The van der Waals surface area contributed by atoms with Gasteiger partial charge in [0, 0.05) is 11.1 Å². The third-order valence-electron chi connectivity index (χ3n) is 1.66. The van der Waals surface area contributed by atoms with E-state index >= 15 is 0 Å². The summed E-state index contributed by atoms with van der Waals surface area (Å²) in [4.78, 5) is 20.2. The van der Waals surface area contributed by atoms with Crippen LogP contribution in [0.4, 0.5) is 18.9 Å². The largest absolute Gasteiger partial charge is 0.455 e. The fourth-order valence-corrected chi connectivity index (χ4v) is 1.17. The first-order valence-corrected chi connectivity index (χ1v) is 4.16. The van der Waals surface area contributed by atoms with Crippen LogP contribution in [-0.4, -0.2) is 16.9 Å². The van der Waals surface area contributed by atoms with Crippen LogP contribution in [0.5, 0.6) is 0 Å². The van der Waals surface area contributed by atoms with Gasteiger partial charge in [-0.3, -0.25) is 14.9 Å². The predicted octanol–water partition coefficient (Wildman–Crippen LogP) is 2.99. The molecule has 86 valence electrons. The minimum absolute atomic E-state index is 0.182. The Hall–Kier alpha value is -1.63. The zero-order valence-electron chi connectivity index (χ0n) is 7.42. The first kappa shape index (κ1) is 12.4. The molecule has 0 aliphatic heterocycles. The number of carbonyl (C=O) groups excluding carboxylic acids is 1. The highest BCUT2D eigenvalue weighted by Gasteiger charge is 2.42. The molecule has 8 heteroatoms. The van der Waals surface area contributed by atoms with Crippen molar-refractivity contribution >= 4 is 23.1 Å². The van der Waals surface area contributed by atoms with Crippen LogP contribution in [-0.2, 0) is 0 Å². The molecule has 0 saturated heterocycles. The molecule has 0 unspecified atom stereocenters. The molecule has 1 aromatic rings. The molecular formula is C8H3ClF3NO3. The van der Waals surface area contributed by atoms with Crippen molar-refractivity contribution in [1.82, 2.24) is 0 Å². The minimum Gasteiger partial charge on any atom is -0.284 e. The van der Waals surface area contributed by atoms with E-state index in [2.05, 4.69) is 0 Å². The Labute approximate surface area is 91.8 Å². The number of alkyl halides is 3. The van der Waals surface area contributed by atoms with Crippen LogP contribution in [0.15, 0.2) is 18.2 Å². The standard InChI is InChI=1S/C8H3ClF3NO3/c9-4-1-2-6(13(15)16)5(3-4)7(14)8(10,11)12/h1-3H. The fraction of sp³-hybridized carbons (Fsp3) is 0.125. The van der Waals surface area contributed by atoms with Gasteiger partial charge in [-0.1, -0.05) is 11.6 Å². The van der Waals surface area contributed by atoms with Crippen molar-refractivity contribution in [3.8, 4) is 0 Å². The lowest BCUT2D eigenvalue weighted by Crippen LogP contribution is -2.23. The van der Waals surface area contributed by atoms with Crippen molar-refractivity contribution in [3.05, 3.63) is 38.9 Å². The number of nitro groups is 1. The molecule has 0 saturated carbocycles. The molecule has 1 aromatic carbocycles. The third-order valence-corrected chi connectivity index (χ3v) is 1.89. The van der Waals surface area contributed by atoms with Gasteiger partial charge in [-0.25, -0.2) is 0 Å². The molecule has 0 N–H and O–H groups in total. The van der Waals surface area contributed by atoms with E-state index in [1.165, 1.54) is 0 Å². The summed E-state index contributed by atoms with van der Waals surface area (Å²) >= 11 is 5.37.